The molecule has 3 rings (SSSR count). The molecule has 3 N–H and O–H groups in total. The highest BCUT2D eigenvalue weighted by atomic mass is 16.5. The Morgan fingerprint density at radius 3 is 2.36 bits per heavy atom. The number of hydrogen-bond acceptors (Lipinski definition) is 4. The van der Waals surface area contributed by atoms with E-state index in [9.17, 15) is 15.3 Å². The summed E-state index contributed by atoms with van der Waals surface area (Å²) in [5.41, 5.74) is 1.05. The Kier molecular flexibility index (Phi) is 3.47. The van der Waals surface area contributed by atoms with Gasteiger partial charge in [0.2, 0.25) is 5.75 Å². The van der Waals surface area contributed by atoms with Gasteiger partial charge >= 0.3 is 11.3 Å². The van der Waals surface area contributed by atoms with Crippen molar-refractivity contribution in [1.82, 2.24) is 0 Å². The number of fused-ring (bicyclic) bond motifs is 1. The monoisotopic (exact) mass is 299 g/mol. The molecule has 22 heavy (non-hydrogen) atoms. The first-order valence-electron chi connectivity index (χ1n) is 6.83. The van der Waals surface area contributed by atoms with Crippen LogP contribution >= 0.6 is 0 Å². The van der Waals surface area contributed by atoms with Gasteiger partial charge in [-0.2, -0.15) is 0 Å². The molecular weight excluding hydrogens is 284 g/mol. The molecule has 0 bridgehead atoms. The summed E-state index contributed by atoms with van der Waals surface area (Å²) in [5, 5.41) is 29.4. The van der Waals surface area contributed by atoms with Crippen LogP contribution in [0.15, 0.2) is 46.9 Å². The van der Waals surface area contributed by atoms with Gasteiger partial charge in [-0.3, -0.25) is 0 Å². The van der Waals surface area contributed by atoms with Gasteiger partial charge in [-0.05, 0) is 31.2 Å². The Labute approximate surface area is 126 Å². The number of phenolic OH excluding ortho intramolecular Hbond substituents is 3. The van der Waals surface area contributed by atoms with E-state index in [1.807, 2.05) is 6.92 Å². The molecule has 0 radical (unpaired) electrons. The van der Waals surface area contributed by atoms with Crippen LogP contribution in [0.5, 0.6) is 23.0 Å². The fourth-order valence-corrected chi connectivity index (χ4v) is 2.26. The van der Waals surface area contributed by atoms with E-state index >= 15 is 0 Å². The van der Waals surface area contributed by atoms with Crippen molar-refractivity contribution in [3.8, 4) is 34.3 Å². The topological polar surface area (TPSA) is 81.2 Å². The largest absolute Gasteiger partial charge is 0.508 e. The van der Waals surface area contributed by atoms with Crippen molar-refractivity contribution in [2.24, 2.45) is 0 Å². The summed E-state index contributed by atoms with van der Waals surface area (Å²) in [6, 6.07) is 10.8. The van der Waals surface area contributed by atoms with Gasteiger partial charge in [0.05, 0.1) is 18.2 Å². The number of phenols is 3. The molecule has 0 aliphatic heterocycles. The van der Waals surface area contributed by atoms with Crippen molar-refractivity contribution >= 4 is 11.0 Å². The van der Waals surface area contributed by atoms with E-state index in [4.69, 9.17) is 9.15 Å². The summed E-state index contributed by atoms with van der Waals surface area (Å²) in [6.07, 6.45) is 0. The quantitative estimate of drug-likeness (QED) is 0.639. The maximum atomic E-state index is 9.93. The van der Waals surface area contributed by atoms with Crippen LogP contribution < -0.4 is 4.74 Å². The van der Waals surface area contributed by atoms with Crippen LogP contribution in [-0.4, -0.2) is 21.9 Å². The zero-order valence-corrected chi connectivity index (χ0v) is 11.9. The molecule has 0 spiro atoms. The molecule has 0 saturated carbocycles. The number of hydrogen-bond donors (Lipinski definition) is 3. The summed E-state index contributed by atoms with van der Waals surface area (Å²) >= 11 is 0. The van der Waals surface area contributed by atoms with E-state index < -0.39 is 0 Å². The number of aromatic hydroxyl groups is 3. The van der Waals surface area contributed by atoms with E-state index in [0.29, 0.717) is 34.6 Å². The fraction of sp³-hybridized carbons (Fsp3) is 0.118. The molecular formula is C17H15O5+. The average Bonchev–Trinajstić information content (AvgIpc) is 2.48. The van der Waals surface area contributed by atoms with Crippen LogP contribution in [0.4, 0.5) is 0 Å². The molecule has 0 unspecified atom stereocenters. The highest BCUT2D eigenvalue weighted by molar-refractivity contribution is 5.88. The van der Waals surface area contributed by atoms with Gasteiger partial charge in [0.25, 0.3) is 0 Å². The van der Waals surface area contributed by atoms with Crippen LogP contribution in [0.2, 0.25) is 0 Å². The van der Waals surface area contributed by atoms with Crippen LogP contribution in [-0.2, 0) is 0 Å². The third kappa shape index (κ3) is 2.48. The van der Waals surface area contributed by atoms with Crippen LogP contribution in [0.1, 0.15) is 6.92 Å². The minimum atomic E-state index is -0.0884. The molecule has 0 amide bonds. The lowest BCUT2D eigenvalue weighted by atomic mass is 10.1. The Morgan fingerprint density at radius 1 is 0.955 bits per heavy atom. The number of ether oxygens (including phenoxy) is 1. The summed E-state index contributed by atoms with van der Waals surface area (Å²) < 4.78 is 11.4. The van der Waals surface area contributed by atoms with Gasteiger partial charge in [0.15, 0.2) is 0 Å². The summed E-state index contributed by atoms with van der Waals surface area (Å²) in [6.45, 7) is 2.28. The molecule has 0 aliphatic carbocycles. The molecule has 1 heterocycles. The summed E-state index contributed by atoms with van der Waals surface area (Å²) in [7, 11) is 0. The van der Waals surface area contributed by atoms with Crippen molar-refractivity contribution in [3.63, 3.8) is 0 Å². The van der Waals surface area contributed by atoms with Crippen molar-refractivity contribution < 1.29 is 24.5 Å². The van der Waals surface area contributed by atoms with E-state index in [1.54, 1.807) is 30.3 Å². The minimum absolute atomic E-state index is 0.0861. The maximum Gasteiger partial charge on any atom is 0.402 e. The lowest BCUT2D eigenvalue weighted by molar-refractivity contribution is 0.333. The Bertz CT molecular complexity index is 825. The molecule has 1 aromatic heterocycles. The van der Waals surface area contributed by atoms with Crippen LogP contribution in [0, 0.1) is 0 Å². The summed E-state index contributed by atoms with van der Waals surface area (Å²) in [5.74, 6) is 0.908. The van der Waals surface area contributed by atoms with Gasteiger partial charge in [0, 0.05) is 12.1 Å². The van der Waals surface area contributed by atoms with Crippen molar-refractivity contribution in [3.05, 3.63) is 42.5 Å². The van der Waals surface area contributed by atoms with Gasteiger partial charge in [-0.1, -0.05) is 0 Å². The molecule has 5 nitrogen and oxygen atoms in total. The lowest BCUT2D eigenvalue weighted by Gasteiger charge is -2.04. The first-order chi connectivity index (χ1) is 10.6. The molecule has 0 atom stereocenters. The van der Waals surface area contributed by atoms with Crippen molar-refractivity contribution in [2.45, 2.75) is 6.92 Å². The SMILES string of the molecule is CCOc1cc2c(O)cc(O)cc2[o+]c1-c1ccc(O)cc1. The maximum absolute atomic E-state index is 9.93. The molecule has 0 aliphatic rings. The van der Waals surface area contributed by atoms with Crippen molar-refractivity contribution in [1.29, 1.82) is 0 Å². The van der Waals surface area contributed by atoms with Gasteiger partial charge in [-0.25, -0.2) is 4.42 Å². The minimum Gasteiger partial charge on any atom is -0.508 e. The smallest absolute Gasteiger partial charge is 0.402 e. The second kappa shape index (κ2) is 5.44. The predicted octanol–water partition coefficient (Wildman–Crippen LogP) is 3.90. The second-order valence-corrected chi connectivity index (χ2v) is 4.80. The Balaban J connectivity index is 2.26. The first kappa shape index (κ1) is 14.0. The normalized spacial score (nSPS) is 10.8. The lowest BCUT2D eigenvalue weighted by Crippen LogP contribution is -1.94. The van der Waals surface area contributed by atoms with E-state index in [-0.39, 0.29) is 17.2 Å². The van der Waals surface area contributed by atoms with Crippen LogP contribution in [0.3, 0.4) is 0 Å². The molecule has 0 fully saturated rings. The van der Waals surface area contributed by atoms with E-state index in [0.717, 1.165) is 0 Å². The second-order valence-electron chi connectivity index (χ2n) is 4.80. The Morgan fingerprint density at radius 2 is 1.68 bits per heavy atom. The van der Waals surface area contributed by atoms with Crippen LogP contribution in [0.25, 0.3) is 22.3 Å². The molecule has 0 saturated heterocycles. The highest BCUT2D eigenvalue weighted by Gasteiger charge is 2.25. The summed E-state index contributed by atoms with van der Waals surface area (Å²) in [4.78, 5) is 0. The molecule has 5 heteroatoms. The first-order valence-corrected chi connectivity index (χ1v) is 6.83. The van der Waals surface area contributed by atoms with Crippen molar-refractivity contribution in [2.75, 3.05) is 6.61 Å². The molecule has 2 aromatic carbocycles. The molecule has 112 valence electrons. The molecule has 3 aromatic rings. The highest BCUT2D eigenvalue weighted by Crippen LogP contribution is 2.39. The van der Waals surface area contributed by atoms with E-state index in [1.165, 1.54) is 12.1 Å². The van der Waals surface area contributed by atoms with E-state index in [2.05, 4.69) is 0 Å². The number of benzene rings is 2. The average molecular weight is 299 g/mol. The zero-order chi connectivity index (χ0) is 15.7. The Hall–Kier alpha value is -2.95. The third-order valence-corrected chi connectivity index (χ3v) is 3.25. The standard InChI is InChI=1S/C17H14O5/c1-2-21-16-9-13-14(20)7-12(19)8-15(13)22-17(16)10-3-5-11(18)6-4-10/h3-9H,2H2,1H3,(H2-,18,19,20)/p+1. The third-order valence-electron chi connectivity index (χ3n) is 3.25. The van der Waals surface area contributed by atoms with Gasteiger partial charge in [0.1, 0.15) is 22.6 Å². The fourth-order valence-electron chi connectivity index (χ4n) is 2.26. The zero-order valence-electron chi connectivity index (χ0n) is 11.9. The van der Waals surface area contributed by atoms with Gasteiger partial charge in [-0.15, -0.1) is 0 Å². The predicted molar refractivity (Wildman–Crippen MR) is 82.2 cm³/mol. The number of rotatable bonds is 3. The van der Waals surface area contributed by atoms with Gasteiger partial charge < -0.3 is 20.1 Å².